The first kappa shape index (κ1) is 36.6. The number of rotatable bonds is 10. The average molecular weight is 731 g/mol. The van der Waals surface area contributed by atoms with Gasteiger partial charge in [0.15, 0.2) is 11.5 Å². The van der Waals surface area contributed by atoms with E-state index in [9.17, 15) is 24.9 Å². The third-order valence-corrected chi connectivity index (χ3v) is 11.2. The minimum absolute atomic E-state index is 0.00422. The normalized spacial score (nSPS) is 22.9. The highest BCUT2D eigenvalue weighted by Gasteiger charge is 2.44. The molecular formula is C40H43FN10O3. The molecule has 14 heteroatoms. The predicted molar refractivity (Wildman–Crippen MR) is 198 cm³/mol. The number of piperidine rings is 2. The van der Waals surface area contributed by atoms with Crippen LogP contribution in [0.15, 0.2) is 55.0 Å². The third kappa shape index (κ3) is 7.80. The lowest BCUT2D eigenvalue weighted by Crippen LogP contribution is -2.49. The van der Waals surface area contributed by atoms with Crippen molar-refractivity contribution in [1.29, 1.82) is 10.5 Å². The number of anilines is 1. The second-order valence-corrected chi connectivity index (χ2v) is 14.8. The number of benzene rings is 1. The molecule has 1 aliphatic carbocycles. The van der Waals surface area contributed by atoms with Gasteiger partial charge in [0.1, 0.15) is 12.1 Å². The average Bonchev–Trinajstić information content (AvgIpc) is 3.63. The molecule has 278 valence electrons. The Bertz CT molecular complexity index is 2120. The van der Waals surface area contributed by atoms with Crippen LogP contribution < -0.4 is 16.0 Å². The number of aromatic nitrogens is 4. The number of nitriles is 2. The summed E-state index contributed by atoms with van der Waals surface area (Å²) in [6, 6.07) is 14.4. The molecule has 0 radical (unpaired) electrons. The fraction of sp³-hybridized carbons (Fsp3) is 0.450. The van der Waals surface area contributed by atoms with E-state index in [1.54, 1.807) is 37.4 Å². The van der Waals surface area contributed by atoms with Crippen LogP contribution in [0.4, 0.5) is 10.1 Å². The summed E-state index contributed by atoms with van der Waals surface area (Å²) < 4.78 is 17.0. The minimum Gasteiger partial charge on any atom is -0.369 e. The van der Waals surface area contributed by atoms with Crippen LogP contribution >= 0.6 is 0 Å². The van der Waals surface area contributed by atoms with E-state index in [0.717, 1.165) is 70.1 Å². The number of imide groups is 1. The Morgan fingerprint density at radius 3 is 2.50 bits per heavy atom. The summed E-state index contributed by atoms with van der Waals surface area (Å²) in [5.74, 6) is -0.140. The second kappa shape index (κ2) is 15.7. The van der Waals surface area contributed by atoms with Crippen LogP contribution in [0, 0.1) is 28.6 Å². The molecule has 54 heavy (non-hydrogen) atoms. The third-order valence-electron chi connectivity index (χ3n) is 11.2. The molecule has 2 aliphatic heterocycles. The molecule has 3 amide bonds. The first-order chi connectivity index (χ1) is 26.1. The highest BCUT2D eigenvalue weighted by molar-refractivity contribution is 6.02. The Kier molecular flexibility index (Phi) is 10.7. The van der Waals surface area contributed by atoms with Crippen molar-refractivity contribution >= 4 is 34.4 Å². The summed E-state index contributed by atoms with van der Waals surface area (Å²) in [5.41, 5.74) is 1.06. The maximum Gasteiger partial charge on any atom is 0.268 e. The van der Waals surface area contributed by atoms with Crippen molar-refractivity contribution in [2.45, 2.75) is 88.4 Å². The number of carbonyl (C=O) groups is 3. The SMILES string of the molecule is C[C@H](C#N)Nc1cc(-n2ncc3cc(C#N)cnc32)ncc1C(=O)NC1CCC(CCN2CCC(c3ccc([C@@]4(F)CCC(=O)NC4=O)cc3)CC2)CC1. The van der Waals surface area contributed by atoms with E-state index < -0.39 is 23.5 Å². The van der Waals surface area contributed by atoms with Crippen LogP contribution in [0.5, 0.6) is 0 Å². The summed E-state index contributed by atoms with van der Waals surface area (Å²) in [6.07, 6.45) is 11.5. The first-order valence-corrected chi connectivity index (χ1v) is 18.7. The molecule has 3 N–H and O–H groups in total. The molecule has 3 fully saturated rings. The van der Waals surface area contributed by atoms with Gasteiger partial charge in [-0.25, -0.2) is 14.4 Å². The van der Waals surface area contributed by atoms with Crippen molar-refractivity contribution in [3.63, 3.8) is 0 Å². The zero-order valence-electron chi connectivity index (χ0n) is 30.2. The quantitative estimate of drug-likeness (QED) is 0.184. The number of fused-ring (bicyclic) bond motifs is 1. The predicted octanol–water partition coefficient (Wildman–Crippen LogP) is 5.17. The molecule has 1 saturated carbocycles. The molecule has 0 unspecified atom stereocenters. The summed E-state index contributed by atoms with van der Waals surface area (Å²) in [5, 5.41) is 32.2. The Labute approximate surface area is 312 Å². The summed E-state index contributed by atoms with van der Waals surface area (Å²) in [6.45, 7) is 4.75. The van der Waals surface area contributed by atoms with E-state index in [-0.39, 0.29) is 24.8 Å². The number of nitrogens with one attached hydrogen (secondary N) is 3. The molecule has 5 heterocycles. The Morgan fingerprint density at radius 1 is 1.04 bits per heavy atom. The molecule has 2 atom stereocenters. The minimum atomic E-state index is -2.16. The van der Waals surface area contributed by atoms with E-state index in [2.05, 4.69) is 48.1 Å². The van der Waals surface area contributed by atoms with Gasteiger partial charge in [0.05, 0.1) is 29.1 Å². The summed E-state index contributed by atoms with van der Waals surface area (Å²) in [7, 11) is 0. The van der Waals surface area contributed by atoms with E-state index in [1.807, 2.05) is 12.1 Å². The van der Waals surface area contributed by atoms with Gasteiger partial charge in [-0.05, 0) is 101 Å². The summed E-state index contributed by atoms with van der Waals surface area (Å²) in [4.78, 5) is 48.7. The fourth-order valence-electron chi connectivity index (χ4n) is 7.97. The van der Waals surface area contributed by atoms with Crippen LogP contribution in [0.25, 0.3) is 16.9 Å². The Morgan fingerprint density at radius 2 is 1.80 bits per heavy atom. The van der Waals surface area contributed by atoms with Gasteiger partial charge >= 0.3 is 0 Å². The lowest BCUT2D eigenvalue weighted by Gasteiger charge is -2.35. The van der Waals surface area contributed by atoms with Gasteiger partial charge in [0, 0.05) is 42.7 Å². The number of hydrogen-bond acceptors (Lipinski definition) is 10. The number of amides is 3. The van der Waals surface area contributed by atoms with Crippen LogP contribution in [0.2, 0.25) is 0 Å². The van der Waals surface area contributed by atoms with Gasteiger partial charge in [-0.2, -0.15) is 20.3 Å². The van der Waals surface area contributed by atoms with Crippen LogP contribution in [0.1, 0.15) is 97.7 Å². The number of carbonyl (C=O) groups excluding carboxylic acids is 3. The maximum absolute atomic E-state index is 15.4. The highest BCUT2D eigenvalue weighted by Crippen LogP contribution is 2.36. The molecule has 0 spiro atoms. The van der Waals surface area contributed by atoms with Crippen molar-refractivity contribution in [2.75, 3.05) is 25.0 Å². The van der Waals surface area contributed by atoms with Crippen molar-refractivity contribution in [1.82, 2.24) is 35.3 Å². The molecule has 7 rings (SSSR count). The molecule has 13 nitrogen and oxygen atoms in total. The topological polar surface area (TPSA) is 182 Å². The van der Waals surface area contributed by atoms with Crippen molar-refractivity contribution < 1.29 is 18.8 Å². The molecule has 3 aromatic heterocycles. The largest absolute Gasteiger partial charge is 0.369 e. The van der Waals surface area contributed by atoms with Crippen LogP contribution in [-0.4, -0.2) is 74.1 Å². The number of hydrogen-bond donors (Lipinski definition) is 3. The lowest BCUT2D eigenvalue weighted by atomic mass is 9.83. The molecule has 3 aliphatic rings. The zero-order chi connectivity index (χ0) is 37.8. The van der Waals surface area contributed by atoms with E-state index in [0.29, 0.717) is 51.1 Å². The van der Waals surface area contributed by atoms with Gasteiger partial charge in [-0.3, -0.25) is 19.7 Å². The van der Waals surface area contributed by atoms with E-state index in [1.165, 1.54) is 17.1 Å². The highest BCUT2D eigenvalue weighted by atomic mass is 19.1. The van der Waals surface area contributed by atoms with Crippen LogP contribution in [0.3, 0.4) is 0 Å². The van der Waals surface area contributed by atoms with E-state index in [4.69, 9.17) is 0 Å². The monoisotopic (exact) mass is 730 g/mol. The number of nitrogens with zero attached hydrogens (tertiary/aromatic N) is 7. The van der Waals surface area contributed by atoms with Gasteiger partial charge in [0.25, 0.3) is 11.8 Å². The van der Waals surface area contributed by atoms with Crippen molar-refractivity contribution in [2.24, 2.45) is 5.92 Å². The number of halogens is 1. The number of likely N-dealkylation sites (tertiary alicyclic amines) is 1. The Hall–Kier alpha value is -5.73. The maximum atomic E-state index is 15.4. The standard InChI is InChI=1S/C40H43FN10O3/c1-25(20-42)47-34-19-35(51-37-30(23-46-51)18-27(21-43)22-45-37)44-24-33(34)38(53)48-32-8-2-26(3-9-32)11-15-50-16-12-29(13-17-50)28-4-6-31(7-5-28)40(41)14-10-36(52)49-39(40)54/h4-7,18-19,22-26,29,32H,2-3,8-17H2,1H3,(H,44,47)(H,48,53)(H,49,52,54)/t25-,26?,32?,40+/m1/s1. The molecule has 4 aromatic rings. The van der Waals surface area contributed by atoms with Gasteiger partial charge < -0.3 is 15.5 Å². The number of alkyl halides is 1. The first-order valence-electron chi connectivity index (χ1n) is 18.7. The molecule has 0 bridgehead atoms. The second-order valence-electron chi connectivity index (χ2n) is 14.8. The fourth-order valence-corrected chi connectivity index (χ4v) is 7.97. The number of pyridine rings is 2. The summed E-state index contributed by atoms with van der Waals surface area (Å²) >= 11 is 0. The lowest BCUT2D eigenvalue weighted by molar-refractivity contribution is -0.144. The van der Waals surface area contributed by atoms with Gasteiger partial charge in [-0.15, -0.1) is 0 Å². The molecular weight excluding hydrogens is 688 g/mol. The van der Waals surface area contributed by atoms with Gasteiger partial charge in [0.2, 0.25) is 11.6 Å². The van der Waals surface area contributed by atoms with Crippen molar-refractivity contribution in [3.8, 4) is 18.0 Å². The smallest absolute Gasteiger partial charge is 0.268 e. The van der Waals surface area contributed by atoms with E-state index >= 15 is 4.39 Å². The Balaban J connectivity index is 0.882. The molecule has 1 aromatic carbocycles. The van der Waals surface area contributed by atoms with Gasteiger partial charge in [-0.1, -0.05) is 24.3 Å². The zero-order valence-corrected chi connectivity index (χ0v) is 30.2. The molecule has 2 saturated heterocycles. The van der Waals surface area contributed by atoms with Crippen LogP contribution in [-0.2, 0) is 15.3 Å². The van der Waals surface area contributed by atoms with Crippen molar-refractivity contribution in [3.05, 3.63) is 77.2 Å².